The minimum Gasteiger partial charge on any atom is -0.376 e. The molecule has 1 heterocycles. The summed E-state index contributed by atoms with van der Waals surface area (Å²) in [4.78, 5) is 17.6. The van der Waals surface area contributed by atoms with Crippen LogP contribution in [0.25, 0.3) is 0 Å². The minimum atomic E-state index is -4.79. The van der Waals surface area contributed by atoms with Crippen molar-refractivity contribution in [1.29, 1.82) is 0 Å². The van der Waals surface area contributed by atoms with E-state index in [4.69, 9.17) is 0 Å². The number of amides is 1. The highest BCUT2D eigenvalue weighted by Gasteiger charge is 2.51. The third-order valence-corrected chi connectivity index (χ3v) is 6.62. The van der Waals surface area contributed by atoms with Crippen LogP contribution in [-0.4, -0.2) is 52.2 Å². The van der Waals surface area contributed by atoms with Crippen LogP contribution in [0.4, 0.5) is 13.2 Å². The fourth-order valence-corrected chi connectivity index (χ4v) is 4.43. The molecule has 0 unspecified atom stereocenters. The quantitative estimate of drug-likeness (QED) is 0.698. The van der Waals surface area contributed by atoms with Gasteiger partial charge < -0.3 is 10.0 Å². The van der Waals surface area contributed by atoms with E-state index in [9.17, 15) is 23.1 Å². The number of hydrogen-bond acceptors (Lipinski definition) is 3. The molecule has 2 fully saturated rings. The van der Waals surface area contributed by atoms with Gasteiger partial charge in [-0.25, -0.2) is 0 Å². The summed E-state index contributed by atoms with van der Waals surface area (Å²) in [5.74, 6) is -0.132. The van der Waals surface area contributed by atoms with Gasteiger partial charge in [0.1, 0.15) is 0 Å². The number of likely N-dealkylation sites (tertiary alicyclic amines) is 1. The van der Waals surface area contributed by atoms with Crippen molar-refractivity contribution in [2.24, 2.45) is 0 Å². The molecular formula is C25H29F3N2O2. The molecule has 4 nitrogen and oxygen atoms in total. The molecule has 4 rings (SSSR count). The van der Waals surface area contributed by atoms with Crippen molar-refractivity contribution in [3.05, 3.63) is 71.3 Å². The molecule has 1 N–H and O–H groups in total. The lowest BCUT2D eigenvalue weighted by Crippen LogP contribution is -2.48. The van der Waals surface area contributed by atoms with Crippen LogP contribution in [0.3, 0.4) is 0 Å². The van der Waals surface area contributed by atoms with E-state index in [1.165, 1.54) is 29.8 Å². The van der Waals surface area contributed by atoms with Crippen LogP contribution >= 0.6 is 0 Å². The predicted octanol–water partition coefficient (Wildman–Crippen LogP) is 4.73. The number of aliphatic hydroxyl groups is 1. The van der Waals surface area contributed by atoms with E-state index in [1.807, 2.05) is 23.1 Å². The molecule has 7 heteroatoms. The van der Waals surface area contributed by atoms with Gasteiger partial charge in [-0.2, -0.15) is 13.2 Å². The van der Waals surface area contributed by atoms with E-state index in [-0.39, 0.29) is 23.6 Å². The largest absolute Gasteiger partial charge is 0.421 e. The molecule has 2 aromatic carbocycles. The van der Waals surface area contributed by atoms with Crippen LogP contribution in [0.15, 0.2) is 54.6 Å². The van der Waals surface area contributed by atoms with E-state index >= 15 is 0 Å². The summed E-state index contributed by atoms with van der Waals surface area (Å²) in [7, 11) is 0. The van der Waals surface area contributed by atoms with E-state index in [1.54, 1.807) is 0 Å². The molecule has 32 heavy (non-hydrogen) atoms. The summed E-state index contributed by atoms with van der Waals surface area (Å²) in [5.41, 5.74) is -1.58. The second-order valence-corrected chi connectivity index (χ2v) is 9.08. The summed E-state index contributed by atoms with van der Waals surface area (Å²) in [6.45, 7) is 3.43. The maximum Gasteiger partial charge on any atom is 0.421 e. The number of alkyl halides is 3. The molecule has 0 spiro atoms. The average Bonchev–Trinajstić information content (AvgIpc) is 3.60. The third-order valence-electron chi connectivity index (χ3n) is 6.62. The molecule has 172 valence electrons. The molecule has 1 atom stereocenters. The Hall–Kier alpha value is -2.38. The summed E-state index contributed by atoms with van der Waals surface area (Å²) in [6.07, 6.45) is -1.08. The number of nitrogens with zero attached hydrogens (tertiary/aromatic N) is 2. The van der Waals surface area contributed by atoms with Gasteiger partial charge in [0, 0.05) is 37.3 Å². The molecule has 1 aliphatic carbocycles. The number of benzene rings is 2. The lowest BCUT2D eigenvalue weighted by molar-refractivity contribution is -0.258. The highest BCUT2D eigenvalue weighted by molar-refractivity contribution is 5.95. The topological polar surface area (TPSA) is 43.8 Å². The van der Waals surface area contributed by atoms with E-state index in [0.717, 1.165) is 52.2 Å². The van der Waals surface area contributed by atoms with Gasteiger partial charge in [0.05, 0.1) is 0 Å². The first-order chi connectivity index (χ1) is 15.2. The van der Waals surface area contributed by atoms with Crippen molar-refractivity contribution in [3.8, 4) is 0 Å². The summed E-state index contributed by atoms with van der Waals surface area (Å²) in [6, 6.07) is 15.9. The smallest absolute Gasteiger partial charge is 0.376 e. The average molecular weight is 447 g/mol. The molecular weight excluding hydrogens is 417 g/mol. The maximum absolute atomic E-state index is 13.3. The van der Waals surface area contributed by atoms with Gasteiger partial charge in [0.25, 0.3) is 5.91 Å². The Labute approximate surface area is 186 Å². The van der Waals surface area contributed by atoms with Gasteiger partial charge in [0.2, 0.25) is 0 Å². The Balaban J connectivity index is 1.42. The van der Waals surface area contributed by atoms with Crippen LogP contribution in [0.5, 0.6) is 0 Å². The predicted molar refractivity (Wildman–Crippen MR) is 116 cm³/mol. The SMILES string of the molecule is C[C@](O)(c1ccc(C(=O)N(C2CC2)C2CCN(Cc3ccccc3)CC2)cc1)C(F)(F)F. The Kier molecular flexibility index (Phi) is 6.32. The molecule has 2 aromatic rings. The van der Waals surface area contributed by atoms with Crippen LogP contribution in [0, 0.1) is 0 Å². The standard InChI is InChI=1S/C25H29F3N2O2/c1-24(32,25(26,27)28)20-9-7-19(8-10-20)23(31)30(21-11-12-21)22-13-15-29(16-14-22)17-18-5-3-2-4-6-18/h2-10,21-22,32H,11-17H2,1H3/t24-/m0/s1. The van der Waals surface area contributed by atoms with Gasteiger partial charge in [-0.3, -0.25) is 9.69 Å². The monoisotopic (exact) mass is 446 g/mol. The fraction of sp³-hybridized carbons (Fsp3) is 0.480. The molecule has 0 aromatic heterocycles. The summed E-state index contributed by atoms with van der Waals surface area (Å²) >= 11 is 0. The zero-order valence-electron chi connectivity index (χ0n) is 18.2. The second-order valence-electron chi connectivity index (χ2n) is 9.08. The van der Waals surface area contributed by atoms with Crippen molar-refractivity contribution in [3.63, 3.8) is 0 Å². The normalized spacial score (nSPS) is 20.0. The minimum absolute atomic E-state index is 0.132. The Morgan fingerprint density at radius 3 is 2.06 bits per heavy atom. The van der Waals surface area contributed by atoms with Crippen LogP contribution in [0.2, 0.25) is 0 Å². The van der Waals surface area contributed by atoms with Gasteiger partial charge >= 0.3 is 6.18 Å². The molecule has 0 bridgehead atoms. The summed E-state index contributed by atoms with van der Waals surface area (Å²) in [5, 5.41) is 9.87. The molecule has 1 aliphatic heterocycles. The van der Waals surface area contributed by atoms with Gasteiger partial charge in [-0.15, -0.1) is 0 Å². The molecule has 0 radical (unpaired) electrons. The van der Waals surface area contributed by atoms with Crippen molar-refractivity contribution in [2.75, 3.05) is 13.1 Å². The van der Waals surface area contributed by atoms with Gasteiger partial charge in [-0.1, -0.05) is 42.5 Å². The van der Waals surface area contributed by atoms with Crippen molar-refractivity contribution < 1.29 is 23.1 Å². The van der Waals surface area contributed by atoms with Crippen molar-refractivity contribution >= 4 is 5.91 Å². The van der Waals surface area contributed by atoms with Gasteiger partial charge in [-0.05, 0) is 55.9 Å². The number of rotatable bonds is 6. The Morgan fingerprint density at radius 2 is 1.53 bits per heavy atom. The van der Waals surface area contributed by atoms with Gasteiger partial charge in [0.15, 0.2) is 5.60 Å². The lowest BCUT2D eigenvalue weighted by Gasteiger charge is -2.39. The number of piperidine rings is 1. The Morgan fingerprint density at radius 1 is 0.969 bits per heavy atom. The zero-order chi connectivity index (χ0) is 22.9. The highest BCUT2D eigenvalue weighted by atomic mass is 19.4. The van der Waals surface area contributed by atoms with Crippen LogP contribution < -0.4 is 0 Å². The fourth-order valence-electron chi connectivity index (χ4n) is 4.43. The zero-order valence-corrected chi connectivity index (χ0v) is 18.2. The van der Waals surface area contributed by atoms with Crippen LogP contribution in [-0.2, 0) is 12.1 Å². The number of hydrogen-bond donors (Lipinski definition) is 1. The first-order valence-corrected chi connectivity index (χ1v) is 11.2. The summed E-state index contributed by atoms with van der Waals surface area (Å²) < 4.78 is 39.3. The third kappa shape index (κ3) is 4.84. The molecule has 1 saturated heterocycles. The first kappa shape index (κ1) is 22.8. The van der Waals surface area contributed by atoms with E-state index in [0.29, 0.717) is 5.56 Å². The lowest BCUT2D eigenvalue weighted by atomic mass is 9.94. The number of halogens is 3. The number of carbonyl (C=O) groups excluding carboxylic acids is 1. The molecule has 1 amide bonds. The molecule has 2 aliphatic rings. The maximum atomic E-state index is 13.3. The first-order valence-electron chi connectivity index (χ1n) is 11.2. The number of carbonyl (C=O) groups is 1. The second kappa shape index (κ2) is 8.87. The highest BCUT2D eigenvalue weighted by Crippen LogP contribution is 2.39. The Bertz CT molecular complexity index is 916. The van der Waals surface area contributed by atoms with E-state index in [2.05, 4.69) is 17.0 Å². The van der Waals surface area contributed by atoms with Crippen molar-refractivity contribution in [2.45, 2.75) is 63.0 Å². The van der Waals surface area contributed by atoms with E-state index < -0.39 is 11.8 Å². The van der Waals surface area contributed by atoms with Crippen molar-refractivity contribution in [1.82, 2.24) is 9.80 Å². The van der Waals surface area contributed by atoms with Crippen LogP contribution in [0.1, 0.15) is 54.1 Å². The molecule has 1 saturated carbocycles.